The van der Waals surface area contributed by atoms with E-state index >= 15 is 0 Å². The molecular formula is C14H23N. The van der Waals surface area contributed by atoms with Crippen LogP contribution in [0.1, 0.15) is 45.2 Å². The SMILES string of the molecule is CCC(C)CNC(CC)c1ccccc1. The number of hydrogen-bond acceptors (Lipinski definition) is 1. The van der Waals surface area contributed by atoms with Gasteiger partial charge in [0.15, 0.2) is 0 Å². The van der Waals surface area contributed by atoms with Gasteiger partial charge in [-0.1, -0.05) is 57.5 Å². The number of rotatable bonds is 6. The highest BCUT2D eigenvalue weighted by Gasteiger charge is 2.08. The molecule has 15 heavy (non-hydrogen) atoms. The van der Waals surface area contributed by atoms with Crippen molar-refractivity contribution in [3.05, 3.63) is 35.9 Å². The zero-order chi connectivity index (χ0) is 11.1. The van der Waals surface area contributed by atoms with Gasteiger partial charge in [-0.15, -0.1) is 0 Å². The Bertz CT molecular complexity index is 255. The average molecular weight is 205 g/mol. The molecule has 0 aliphatic heterocycles. The second-order valence-electron chi connectivity index (χ2n) is 4.29. The molecule has 84 valence electrons. The smallest absolute Gasteiger partial charge is 0.0317 e. The second kappa shape index (κ2) is 6.62. The third-order valence-electron chi connectivity index (χ3n) is 3.02. The second-order valence-corrected chi connectivity index (χ2v) is 4.29. The van der Waals surface area contributed by atoms with Crippen LogP contribution in [0.15, 0.2) is 30.3 Å². The van der Waals surface area contributed by atoms with Gasteiger partial charge in [-0.05, 0) is 24.4 Å². The molecule has 0 aromatic heterocycles. The summed E-state index contributed by atoms with van der Waals surface area (Å²) in [6.45, 7) is 7.89. The lowest BCUT2D eigenvalue weighted by atomic mass is 10.0. The van der Waals surface area contributed by atoms with Gasteiger partial charge >= 0.3 is 0 Å². The van der Waals surface area contributed by atoms with Gasteiger partial charge in [-0.3, -0.25) is 0 Å². The summed E-state index contributed by atoms with van der Waals surface area (Å²) >= 11 is 0. The van der Waals surface area contributed by atoms with E-state index in [2.05, 4.69) is 56.4 Å². The summed E-state index contributed by atoms with van der Waals surface area (Å²) in [5.41, 5.74) is 1.41. The Morgan fingerprint density at radius 3 is 2.27 bits per heavy atom. The summed E-state index contributed by atoms with van der Waals surface area (Å²) in [6, 6.07) is 11.2. The summed E-state index contributed by atoms with van der Waals surface area (Å²) in [7, 11) is 0. The van der Waals surface area contributed by atoms with E-state index in [-0.39, 0.29) is 0 Å². The van der Waals surface area contributed by atoms with Crippen LogP contribution in [0.2, 0.25) is 0 Å². The zero-order valence-corrected chi connectivity index (χ0v) is 10.2. The Morgan fingerprint density at radius 1 is 1.07 bits per heavy atom. The van der Waals surface area contributed by atoms with E-state index in [1.54, 1.807) is 0 Å². The normalized spacial score (nSPS) is 14.9. The quantitative estimate of drug-likeness (QED) is 0.745. The molecule has 0 heterocycles. The van der Waals surface area contributed by atoms with Crippen molar-refractivity contribution in [3.63, 3.8) is 0 Å². The summed E-state index contributed by atoms with van der Waals surface area (Å²) in [4.78, 5) is 0. The molecule has 0 saturated carbocycles. The first-order chi connectivity index (χ1) is 7.27. The monoisotopic (exact) mass is 205 g/mol. The fourth-order valence-electron chi connectivity index (χ4n) is 1.67. The maximum atomic E-state index is 3.64. The van der Waals surface area contributed by atoms with Crippen molar-refractivity contribution in [3.8, 4) is 0 Å². The molecule has 0 bridgehead atoms. The van der Waals surface area contributed by atoms with Crippen molar-refractivity contribution in [2.75, 3.05) is 6.54 Å². The van der Waals surface area contributed by atoms with Gasteiger partial charge in [0.2, 0.25) is 0 Å². The minimum absolute atomic E-state index is 0.514. The molecule has 0 aliphatic rings. The molecule has 1 aromatic rings. The average Bonchev–Trinajstić information content (AvgIpc) is 2.31. The van der Waals surface area contributed by atoms with Crippen LogP contribution in [-0.4, -0.2) is 6.54 Å². The molecule has 0 fully saturated rings. The van der Waals surface area contributed by atoms with E-state index in [9.17, 15) is 0 Å². The summed E-state index contributed by atoms with van der Waals surface area (Å²) < 4.78 is 0. The first kappa shape index (κ1) is 12.3. The van der Waals surface area contributed by atoms with Crippen molar-refractivity contribution < 1.29 is 0 Å². The van der Waals surface area contributed by atoms with Gasteiger partial charge in [0.05, 0.1) is 0 Å². The van der Waals surface area contributed by atoms with E-state index in [4.69, 9.17) is 0 Å². The van der Waals surface area contributed by atoms with Gasteiger partial charge < -0.3 is 5.32 Å². The van der Waals surface area contributed by atoms with Crippen molar-refractivity contribution in [1.82, 2.24) is 5.32 Å². The van der Waals surface area contributed by atoms with E-state index in [1.807, 2.05) is 0 Å². The van der Waals surface area contributed by atoms with Gasteiger partial charge in [-0.25, -0.2) is 0 Å². The van der Waals surface area contributed by atoms with E-state index in [1.165, 1.54) is 12.0 Å². The van der Waals surface area contributed by atoms with Crippen LogP contribution in [0.5, 0.6) is 0 Å². The van der Waals surface area contributed by atoms with Crippen LogP contribution in [0.4, 0.5) is 0 Å². The topological polar surface area (TPSA) is 12.0 Å². The molecule has 0 saturated heterocycles. The molecule has 1 rings (SSSR count). The van der Waals surface area contributed by atoms with Crippen LogP contribution in [0, 0.1) is 5.92 Å². The fourth-order valence-corrected chi connectivity index (χ4v) is 1.67. The minimum atomic E-state index is 0.514. The van der Waals surface area contributed by atoms with Gasteiger partial charge in [0.25, 0.3) is 0 Å². The molecular weight excluding hydrogens is 182 g/mol. The lowest BCUT2D eigenvalue weighted by Crippen LogP contribution is -2.25. The third kappa shape index (κ3) is 4.05. The number of benzene rings is 1. The predicted molar refractivity (Wildman–Crippen MR) is 66.9 cm³/mol. The molecule has 1 nitrogen and oxygen atoms in total. The Morgan fingerprint density at radius 2 is 1.73 bits per heavy atom. The lowest BCUT2D eigenvalue weighted by Gasteiger charge is -2.19. The molecule has 1 aromatic carbocycles. The molecule has 0 spiro atoms. The van der Waals surface area contributed by atoms with E-state index in [0.29, 0.717) is 6.04 Å². The molecule has 2 unspecified atom stereocenters. The van der Waals surface area contributed by atoms with Crippen molar-refractivity contribution >= 4 is 0 Å². The maximum Gasteiger partial charge on any atom is 0.0317 e. The molecule has 2 atom stereocenters. The molecule has 0 amide bonds. The summed E-state index contributed by atoms with van der Waals surface area (Å²) in [5.74, 6) is 0.766. The third-order valence-corrected chi connectivity index (χ3v) is 3.02. The number of hydrogen-bond donors (Lipinski definition) is 1. The highest BCUT2D eigenvalue weighted by molar-refractivity contribution is 5.18. The zero-order valence-electron chi connectivity index (χ0n) is 10.2. The molecule has 1 heteroatoms. The van der Waals surface area contributed by atoms with Crippen LogP contribution in [0.25, 0.3) is 0 Å². The fraction of sp³-hybridized carbons (Fsp3) is 0.571. The largest absolute Gasteiger partial charge is 0.310 e. The van der Waals surface area contributed by atoms with Gasteiger partial charge in [-0.2, -0.15) is 0 Å². The van der Waals surface area contributed by atoms with E-state index < -0.39 is 0 Å². The maximum absolute atomic E-state index is 3.64. The van der Waals surface area contributed by atoms with Crippen LogP contribution < -0.4 is 5.32 Å². The predicted octanol–water partition coefficient (Wildman–Crippen LogP) is 3.77. The van der Waals surface area contributed by atoms with Crippen LogP contribution in [-0.2, 0) is 0 Å². The first-order valence-corrected chi connectivity index (χ1v) is 6.06. The Balaban J connectivity index is 2.50. The highest BCUT2D eigenvalue weighted by atomic mass is 14.9. The van der Waals surface area contributed by atoms with Crippen LogP contribution >= 0.6 is 0 Å². The Hall–Kier alpha value is -0.820. The van der Waals surface area contributed by atoms with Gasteiger partial charge in [0, 0.05) is 6.04 Å². The minimum Gasteiger partial charge on any atom is -0.310 e. The highest BCUT2D eigenvalue weighted by Crippen LogP contribution is 2.16. The first-order valence-electron chi connectivity index (χ1n) is 6.06. The van der Waals surface area contributed by atoms with Gasteiger partial charge in [0.1, 0.15) is 0 Å². The van der Waals surface area contributed by atoms with Crippen molar-refractivity contribution in [2.24, 2.45) is 5.92 Å². The van der Waals surface area contributed by atoms with E-state index in [0.717, 1.165) is 18.9 Å². The Kier molecular flexibility index (Phi) is 5.41. The molecule has 0 aliphatic carbocycles. The summed E-state index contributed by atoms with van der Waals surface area (Å²) in [6.07, 6.45) is 2.40. The standard InChI is InChI=1S/C14H23N/c1-4-12(3)11-15-14(5-2)13-9-7-6-8-10-13/h6-10,12,14-15H,4-5,11H2,1-3H3. The van der Waals surface area contributed by atoms with Crippen LogP contribution in [0.3, 0.4) is 0 Å². The molecule has 1 N–H and O–H groups in total. The Labute approximate surface area is 93.9 Å². The number of nitrogens with one attached hydrogen (secondary N) is 1. The summed E-state index contributed by atoms with van der Waals surface area (Å²) in [5, 5.41) is 3.64. The van der Waals surface area contributed by atoms with Crippen molar-refractivity contribution in [1.29, 1.82) is 0 Å². The molecule has 0 radical (unpaired) electrons. The van der Waals surface area contributed by atoms with Crippen molar-refractivity contribution in [2.45, 2.75) is 39.7 Å². The lowest BCUT2D eigenvalue weighted by molar-refractivity contribution is 0.438.